The second kappa shape index (κ2) is 8.88. The zero-order valence-corrected chi connectivity index (χ0v) is 12.4. The van der Waals surface area contributed by atoms with Crippen LogP contribution in [0.25, 0.3) is 0 Å². The van der Waals surface area contributed by atoms with E-state index in [1.54, 1.807) is 24.3 Å². The van der Waals surface area contributed by atoms with Crippen molar-refractivity contribution in [2.75, 3.05) is 18.5 Å². The summed E-state index contributed by atoms with van der Waals surface area (Å²) in [7, 11) is 0. The largest absolute Gasteiger partial charge is 0.481 e. The topological polar surface area (TPSA) is 70.6 Å². The molecule has 0 saturated heterocycles. The van der Waals surface area contributed by atoms with Crippen LogP contribution in [-0.2, 0) is 0 Å². The summed E-state index contributed by atoms with van der Waals surface area (Å²) in [5.74, 6) is 3.16. The first-order valence-electron chi connectivity index (χ1n) is 6.92. The number of hydrogen-bond acceptors (Lipinski definition) is 3. The molecule has 0 fully saturated rings. The molecule has 0 aromatic heterocycles. The lowest BCUT2D eigenvalue weighted by Crippen LogP contribution is -2.32. The number of amides is 2. The first-order valence-corrected chi connectivity index (χ1v) is 6.92. The van der Waals surface area contributed by atoms with Gasteiger partial charge in [-0.1, -0.05) is 25.8 Å². The predicted molar refractivity (Wildman–Crippen MR) is 83.3 cm³/mol. The molecular formula is C16H22N2O3. The minimum atomic E-state index is -0.411. The molecule has 0 spiro atoms. The molecule has 1 rings (SSSR count). The summed E-state index contributed by atoms with van der Waals surface area (Å²) in [5, 5.41) is 15.0. The lowest BCUT2D eigenvalue weighted by atomic mass is 10.0. The summed E-state index contributed by atoms with van der Waals surface area (Å²) < 4.78 is 5.28. The molecule has 1 unspecified atom stereocenters. The number of carbonyl (C=O) groups excluding carboxylic acids is 1. The predicted octanol–water partition coefficient (Wildman–Crippen LogP) is 2.23. The normalized spacial score (nSPS) is 11.6. The zero-order valence-electron chi connectivity index (χ0n) is 12.4. The third-order valence-corrected chi connectivity index (χ3v) is 2.91. The van der Waals surface area contributed by atoms with Gasteiger partial charge in [0.05, 0.1) is 6.10 Å². The van der Waals surface area contributed by atoms with E-state index in [1.807, 2.05) is 13.8 Å². The SMILES string of the molecule is C#CCOc1cccc(NC(=O)NCCC(O)C(C)C)c1. The second-order valence-electron chi connectivity index (χ2n) is 5.00. The monoisotopic (exact) mass is 290 g/mol. The van der Waals surface area contributed by atoms with Crippen LogP contribution in [0, 0.1) is 18.3 Å². The van der Waals surface area contributed by atoms with Crippen LogP contribution in [0.4, 0.5) is 10.5 Å². The van der Waals surface area contributed by atoms with E-state index >= 15 is 0 Å². The number of hydrogen-bond donors (Lipinski definition) is 3. The summed E-state index contributed by atoms with van der Waals surface area (Å²) in [6.07, 6.45) is 5.23. The van der Waals surface area contributed by atoms with Gasteiger partial charge in [-0.3, -0.25) is 0 Å². The fourth-order valence-corrected chi connectivity index (χ4v) is 1.63. The van der Waals surface area contributed by atoms with Gasteiger partial charge < -0.3 is 20.5 Å². The van der Waals surface area contributed by atoms with Crippen molar-refractivity contribution >= 4 is 11.7 Å². The van der Waals surface area contributed by atoms with Gasteiger partial charge in [0, 0.05) is 18.3 Å². The quantitative estimate of drug-likeness (QED) is 0.674. The Morgan fingerprint density at radius 1 is 1.48 bits per heavy atom. The first-order chi connectivity index (χ1) is 10.0. The van der Waals surface area contributed by atoms with Crippen molar-refractivity contribution in [3.8, 4) is 18.1 Å². The van der Waals surface area contributed by atoms with Crippen LogP contribution in [0.5, 0.6) is 5.75 Å². The molecule has 1 atom stereocenters. The Hall–Kier alpha value is -2.19. The Bertz CT molecular complexity index is 495. The highest BCUT2D eigenvalue weighted by Crippen LogP contribution is 2.17. The molecule has 0 aliphatic heterocycles. The fourth-order valence-electron chi connectivity index (χ4n) is 1.63. The first kappa shape index (κ1) is 16.9. The highest BCUT2D eigenvalue weighted by Gasteiger charge is 2.09. The van der Waals surface area contributed by atoms with E-state index in [-0.39, 0.29) is 18.6 Å². The lowest BCUT2D eigenvalue weighted by molar-refractivity contribution is 0.117. The number of terminal acetylenes is 1. The van der Waals surface area contributed by atoms with Crippen molar-refractivity contribution < 1.29 is 14.6 Å². The number of aliphatic hydroxyl groups is 1. The van der Waals surface area contributed by atoms with Gasteiger partial charge >= 0.3 is 6.03 Å². The molecule has 1 aromatic rings. The van der Waals surface area contributed by atoms with Crippen LogP contribution in [0.15, 0.2) is 24.3 Å². The lowest BCUT2D eigenvalue weighted by Gasteiger charge is -2.14. The van der Waals surface area contributed by atoms with Crippen molar-refractivity contribution in [2.45, 2.75) is 26.4 Å². The molecule has 0 aliphatic carbocycles. The Morgan fingerprint density at radius 2 is 2.24 bits per heavy atom. The van der Waals surface area contributed by atoms with E-state index < -0.39 is 6.10 Å². The molecule has 5 nitrogen and oxygen atoms in total. The van der Waals surface area contributed by atoms with Gasteiger partial charge in [0.2, 0.25) is 0 Å². The van der Waals surface area contributed by atoms with E-state index in [0.29, 0.717) is 24.4 Å². The van der Waals surface area contributed by atoms with Crippen LogP contribution >= 0.6 is 0 Å². The third kappa shape index (κ3) is 6.68. The molecule has 114 valence electrons. The minimum Gasteiger partial charge on any atom is -0.481 e. The van der Waals surface area contributed by atoms with Gasteiger partial charge in [-0.25, -0.2) is 4.79 Å². The second-order valence-corrected chi connectivity index (χ2v) is 5.00. The standard InChI is InChI=1S/C16H22N2O3/c1-4-10-21-14-7-5-6-13(11-14)18-16(20)17-9-8-15(19)12(2)3/h1,5-7,11-12,15,19H,8-10H2,2-3H3,(H2,17,18,20). The molecule has 1 aromatic carbocycles. The smallest absolute Gasteiger partial charge is 0.319 e. The van der Waals surface area contributed by atoms with Crippen LogP contribution in [0.2, 0.25) is 0 Å². The summed E-state index contributed by atoms with van der Waals surface area (Å²) in [5.41, 5.74) is 0.617. The van der Waals surface area contributed by atoms with Crippen LogP contribution in [-0.4, -0.2) is 30.4 Å². The molecule has 0 bridgehead atoms. The number of benzene rings is 1. The number of carbonyl (C=O) groups is 1. The van der Waals surface area contributed by atoms with Crippen LogP contribution in [0.3, 0.4) is 0 Å². The molecule has 5 heteroatoms. The van der Waals surface area contributed by atoms with E-state index in [2.05, 4.69) is 16.6 Å². The van der Waals surface area contributed by atoms with Crippen molar-refractivity contribution in [3.05, 3.63) is 24.3 Å². The molecule has 0 saturated carbocycles. The van der Waals surface area contributed by atoms with Crippen molar-refractivity contribution in [2.24, 2.45) is 5.92 Å². The maximum atomic E-state index is 11.7. The number of aliphatic hydroxyl groups excluding tert-OH is 1. The number of ether oxygens (including phenoxy) is 1. The third-order valence-electron chi connectivity index (χ3n) is 2.91. The number of nitrogens with one attached hydrogen (secondary N) is 2. The minimum absolute atomic E-state index is 0.180. The molecule has 2 amide bonds. The van der Waals surface area contributed by atoms with Crippen LogP contribution in [0.1, 0.15) is 20.3 Å². The van der Waals surface area contributed by atoms with Crippen molar-refractivity contribution in [1.29, 1.82) is 0 Å². The molecule has 0 heterocycles. The summed E-state index contributed by atoms with van der Waals surface area (Å²) in [6, 6.07) is 6.66. The molecular weight excluding hydrogens is 268 g/mol. The van der Waals surface area contributed by atoms with Crippen LogP contribution < -0.4 is 15.4 Å². The van der Waals surface area contributed by atoms with Crippen molar-refractivity contribution in [1.82, 2.24) is 5.32 Å². The van der Waals surface area contributed by atoms with Gasteiger partial charge in [-0.05, 0) is 24.5 Å². The fraction of sp³-hybridized carbons (Fsp3) is 0.438. The number of urea groups is 1. The highest BCUT2D eigenvalue weighted by atomic mass is 16.5. The molecule has 0 aliphatic rings. The summed E-state index contributed by atoms with van der Waals surface area (Å²) in [6.45, 7) is 4.47. The number of anilines is 1. The van der Waals surface area contributed by atoms with E-state index in [9.17, 15) is 9.90 Å². The molecule has 0 radical (unpaired) electrons. The average molecular weight is 290 g/mol. The molecule has 3 N–H and O–H groups in total. The van der Waals surface area contributed by atoms with Gasteiger partial charge in [0.25, 0.3) is 0 Å². The summed E-state index contributed by atoms with van der Waals surface area (Å²) in [4.78, 5) is 11.7. The maximum Gasteiger partial charge on any atom is 0.319 e. The maximum absolute atomic E-state index is 11.7. The van der Waals surface area contributed by atoms with Crippen molar-refractivity contribution in [3.63, 3.8) is 0 Å². The number of rotatable bonds is 7. The van der Waals surface area contributed by atoms with Gasteiger partial charge in [-0.15, -0.1) is 6.42 Å². The van der Waals surface area contributed by atoms with Gasteiger partial charge in [0.1, 0.15) is 12.4 Å². The Labute approximate surface area is 125 Å². The summed E-state index contributed by atoms with van der Waals surface area (Å²) >= 11 is 0. The zero-order chi connectivity index (χ0) is 15.7. The molecule has 21 heavy (non-hydrogen) atoms. The Morgan fingerprint density at radius 3 is 2.90 bits per heavy atom. The van der Waals surface area contributed by atoms with E-state index in [0.717, 1.165) is 0 Å². The highest BCUT2D eigenvalue weighted by molar-refractivity contribution is 5.89. The van der Waals surface area contributed by atoms with Gasteiger partial charge in [0.15, 0.2) is 0 Å². The Balaban J connectivity index is 2.39. The van der Waals surface area contributed by atoms with E-state index in [4.69, 9.17) is 11.2 Å². The van der Waals surface area contributed by atoms with Gasteiger partial charge in [-0.2, -0.15) is 0 Å². The average Bonchev–Trinajstić information content (AvgIpc) is 2.45. The van der Waals surface area contributed by atoms with E-state index in [1.165, 1.54) is 0 Å². The Kier molecular flexibility index (Phi) is 7.13.